The number of benzene rings is 1. The third kappa shape index (κ3) is 2.97. The highest BCUT2D eigenvalue weighted by atomic mass is 32.3. The van der Waals surface area contributed by atoms with Crippen molar-refractivity contribution >= 4 is 16.4 Å². The Hall–Kier alpha value is -2.50. The van der Waals surface area contributed by atoms with Crippen molar-refractivity contribution in [3.8, 4) is 11.5 Å². The summed E-state index contributed by atoms with van der Waals surface area (Å²) in [5.41, 5.74) is 0.763. The summed E-state index contributed by atoms with van der Waals surface area (Å²) in [6.07, 6.45) is 0.990. The Morgan fingerprint density at radius 1 is 1.20 bits per heavy atom. The molecule has 2 saturated heterocycles. The van der Waals surface area contributed by atoms with E-state index in [0.29, 0.717) is 23.8 Å². The van der Waals surface area contributed by atoms with Gasteiger partial charge in [-0.3, -0.25) is 4.55 Å². The molecule has 2 aliphatic heterocycles. The molecule has 0 radical (unpaired) electrons. The van der Waals surface area contributed by atoms with Gasteiger partial charge in [-0.15, -0.1) is 14.5 Å². The van der Waals surface area contributed by atoms with E-state index in [9.17, 15) is 13.2 Å². The number of carbonyl (C=O) groups is 1. The molecule has 0 unspecified atom stereocenters. The highest BCUT2D eigenvalue weighted by molar-refractivity contribution is 7.80. The number of carbonyl (C=O) groups excluding carboxylic acids is 1. The van der Waals surface area contributed by atoms with Crippen molar-refractivity contribution in [1.82, 2.24) is 20.2 Å². The Morgan fingerprint density at radius 2 is 1.96 bits per heavy atom. The first kappa shape index (κ1) is 16.0. The third-order valence-electron chi connectivity index (χ3n) is 4.24. The number of urea groups is 1. The molecule has 1 aromatic heterocycles. The summed E-state index contributed by atoms with van der Waals surface area (Å²) in [7, 11) is -4.77. The molecule has 2 amide bonds. The zero-order chi connectivity index (χ0) is 17.6. The highest BCUT2D eigenvalue weighted by Gasteiger charge is 2.49. The SMILES string of the molecule is O=C1N2C[C@@H](CC[C@H]2c2nnc(-c3ccccc3)o2)N1OS(=O)(=O)O. The molecule has 0 aliphatic carbocycles. The van der Waals surface area contributed by atoms with Crippen LogP contribution in [0, 0.1) is 0 Å². The van der Waals surface area contributed by atoms with Crippen LogP contribution >= 0.6 is 0 Å². The van der Waals surface area contributed by atoms with Crippen LogP contribution in [0.2, 0.25) is 0 Å². The van der Waals surface area contributed by atoms with Crippen molar-refractivity contribution in [2.24, 2.45) is 0 Å². The van der Waals surface area contributed by atoms with Gasteiger partial charge in [-0.05, 0) is 25.0 Å². The molecule has 25 heavy (non-hydrogen) atoms. The van der Waals surface area contributed by atoms with Gasteiger partial charge in [-0.25, -0.2) is 4.79 Å². The topological polar surface area (TPSA) is 126 Å². The summed E-state index contributed by atoms with van der Waals surface area (Å²) in [4.78, 5) is 13.8. The van der Waals surface area contributed by atoms with E-state index in [0.717, 1.165) is 5.56 Å². The fourth-order valence-corrected chi connectivity index (χ4v) is 3.54. The van der Waals surface area contributed by atoms with E-state index >= 15 is 0 Å². The van der Waals surface area contributed by atoms with Crippen molar-refractivity contribution in [2.45, 2.75) is 24.9 Å². The Bertz CT molecular complexity index is 899. The first-order valence-electron chi connectivity index (χ1n) is 7.58. The summed E-state index contributed by atoms with van der Waals surface area (Å²) in [5, 5.41) is 8.73. The van der Waals surface area contributed by atoms with E-state index in [-0.39, 0.29) is 12.4 Å². The maximum absolute atomic E-state index is 12.4. The van der Waals surface area contributed by atoms with Gasteiger partial charge in [0.05, 0.1) is 6.04 Å². The second kappa shape index (κ2) is 5.79. The molecular formula is C14H14N4O6S. The standard InChI is InChI=1S/C14H14N4O6S/c19-14-17-8-10(18(14)24-25(20,21)22)6-7-11(17)13-16-15-12(23-13)9-4-2-1-3-5-9/h1-5,10-11H,6-8H2,(H,20,21,22)/t10-,11+/m1/s1. The van der Waals surface area contributed by atoms with E-state index in [1.807, 2.05) is 30.3 Å². The number of hydrogen-bond donors (Lipinski definition) is 1. The number of hydrogen-bond acceptors (Lipinski definition) is 7. The first-order chi connectivity index (χ1) is 11.9. The van der Waals surface area contributed by atoms with Crippen LogP contribution in [0.3, 0.4) is 0 Å². The van der Waals surface area contributed by atoms with Gasteiger partial charge < -0.3 is 9.32 Å². The molecular weight excluding hydrogens is 352 g/mol. The molecule has 1 aromatic carbocycles. The molecule has 2 aromatic rings. The number of amides is 2. The smallest absolute Gasteiger partial charge is 0.418 e. The predicted octanol–water partition coefficient (Wildman–Crippen LogP) is 1.41. The minimum Gasteiger partial charge on any atom is -0.418 e. The molecule has 2 bridgehead atoms. The van der Waals surface area contributed by atoms with Crippen LogP contribution < -0.4 is 0 Å². The molecule has 1 N–H and O–H groups in total. The number of piperidine rings is 1. The normalized spacial score (nSPS) is 23.3. The van der Waals surface area contributed by atoms with Gasteiger partial charge >= 0.3 is 16.4 Å². The van der Waals surface area contributed by atoms with E-state index in [1.165, 1.54) is 4.90 Å². The lowest BCUT2D eigenvalue weighted by Gasteiger charge is -2.27. The number of aromatic nitrogens is 2. The van der Waals surface area contributed by atoms with Gasteiger partial charge in [0.2, 0.25) is 11.8 Å². The molecule has 4 rings (SSSR count). The maximum atomic E-state index is 12.4. The molecule has 11 heteroatoms. The number of fused-ring (bicyclic) bond motifs is 2. The number of nitrogens with zero attached hydrogens (tertiary/aromatic N) is 4. The van der Waals surface area contributed by atoms with Crippen LogP contribution in [0.5, 0.6) is 0 Å². The summed E-state index contributed by atoms with van der Waals surface area (Å²) in [6.45, 7) is 0.252. The molecule has 132 valence electrons. The largest absolute Gasteiger partial charge is 0.418 e. The van der Waals surface area contributed by atoms with Crippen LogP contribution in [-0.4, -0.2) is 51.7 Å². The van der Waals surface area contributed by atoms with Gasteiger partial charge in [0.25, 0.3) is 0 Å². The first-order valence-corrected chi connectivity index (χ1v) is 8.94. The summed E-state index contributed by atoms with van der Waals surface area (Å²) >= 11 is 0. The van der Waals surface area contributed by atoms with Crippen LogP contribution in [0.15, 0.2) is 34.7 Å². The Labute approximate surface area is 142 Å². The van der Waals surface area contributed by atoms with Gasteiger partial charge in [-0.2, -0.15) is 13.5 Å². The van der Waals surface area contributed by atoms with E-state index in [2.05, 4.69) is 14.5 Å². The van der Waals surface area contributed by atoms with Crippen molar-refractivity contribution in [2.75, 3.05) is 6.54 Å². The Kier molecular flexibility index (Phi) is 3.71. The molecule has 2 aliphatic rings. The zero-order valence-corrected chi connectivity index (χ0v) is 13.7. The number of rotatable bonds is 4. The minimum absolute atomic E-state index is 0.252. The average molecular weight is 366 g/mol. The quantitative estimate of drug-likeness (QED) is 0.805. The third-order valence-corrected chi connectivity index (χ3v) is 4.59. The van der Waals surface area contributed by atoms with E-state index in [1.54, 1.807) is 0 Å². The zero-order valence-electron chi connectivity index (χ0n) is 12.8. The average Bonchev–Trinajstić information content (AvgIpc) is 3.16. The lowest BCUT2D eigenvalue weighted by Crippen LogP contribution is -2.35. The number of hydroxylamine groups is 2. The van der Waals surface area contributed by atoms with Crippen LogP contribution in [0.25, 0.3) is 11.5 Å². The highest BCUT2D eigenvalue weighted by Crippen LogP contribution is 2.38. The molecule has 0 spiro atoms. The summed E-state index contributed by atoms with van der Waals surface area (Å²) < 4.78 is 40.7. The van der Waals surface area contributed by atoms with E-state index in [4.69, 9.17) is 8.97 Å². The van der Waals surface area contributed by atoms with Crippen LogP contribution in [0.1, 0.15) is 24.8 Å². The van der Waals surface area contributed by atoms with Crippen LogP contribution in [0.4, 0.5) is 4.79 Å². The van der Waals surface area contributed by atoms with Crippen LogP contribution in [-0.2, 0) is 14.7 Å². The molecule has 2 atom stereocenters. The lowest BCUT2D eigenvalue weighted by atomic mass is 10.0. The predicted molar refractivity (Wildman–Crippen MR) is 82.1 cm³/mol. The van der Waals surface area contributed by atoms with Crippen molar-refractivity contribution in [3.05, 3.63) is 36.2 Å². The fourth-order valence-electron chi connectivity index (χ4n) is 3.15. The summed E-state index contributed by atoms with van der Waals surface area (Å²) in [6, 6.07) is 7.64. The van der Waals surface area contributed by atoms with Gasteiger partial charge in [-0.1, -0.05) is 18.2 Å². The van der Waals surface area contributed by atoms with Crippen molar-refractivity contribution in [1.29, 1.82) is 0 Å². The molecule has 10 nitrogen and oxygen atoms in total. The minimum atomic E-state index is -4.77. The fraction of sp³-hybridized carbons (Fsp3) is 0.357. The lowest BCUT2D eigenvalue weighted by molar-refractivity contribution is -0.0317. The van der Waals surface area contributed by atoms with Gasteiger partial charge in [0.15, 0.2) is 0 Å². The monoisotopic (exact) mass is 366 g/mol. The Morgan fingerprint density at radius 3 is 2.68 bits per heavy atom. The molecule has 0 saturated carbocycles. The summed E-state index contributed by atoms with van der Waals surface area (Å²) in [5.74, 6) is 0.620. The Balaban J connectivity index is 1.57. The van der Waals surface area contributed by atoms with Crippen molar-refractivity contribution in [3.63, 3.8) is 0 Å². The van der Waals surface area contributed by atoms with Gasteiger partial charge in [0, 0.05) is 12.1 Å². The second-order valence-electron chi connectivity index (χ2n) is 5.82. The molecule has 3 heterocycles. The maximum Gasteiger partial charge on any atom is 0.418 e. The van der Waals surface area contributed by atoms with Crippen molar-refractivity contribution < 1.29 is 26.5 Å². The second-order valence-corrected chi connectivity index (χ2v) is 6.83. The molecule has 2 fully saturated rings. The van der Waals surface area contributed by atoms with E-state index < -0.39 is 28.5 Å². The van der Waals surface area contributed by atoms with Gasteiger partial charge in [0.1, 0.15) is 6.04 Å².